The molecule has 5 nitrogen and oxygen atoms in total. The van der Waals surface area contributed by atoms with Gasteiger partial charge in [0, 0.05) is 30.9 Å². The van der Waals surface area contributed by atoms with E-state index in [9.17, 15) is 0 Å². The number of nitrogens with zero attached hydrogens (tertiary/aromatic N) is 3. The molecule has 24 heavy (non-hydrogen) atoms. The lowest BCUT2D eigenvalue weighted by Crippen LogP contribution is -2.14. The van der Waals surface area contributed by atoms with Crippen molar-refractivity contribution in [1.29, 1.82) is 0 Å². The van der Waals surface area contributed by atoms with Crippen molar-refractivity contribution in [3.05, 3.63) is 78.0 Å². The van der Waals surface area contributed by atoms with Crippen LogP contribution >= 0.6 is 11.3 Å². The Labute approximate surface area is 143 Å². The maximum absolute atomic E-state index is 5.38. The third-order valence-electron chi connectivity index (χ3n) is 3.68. The first-order valence-corrected chi connectivity index (χ1v) is 8.53. The van der Waals surface area contributed by atoms with Crippen LogP contribution in [0.3, 0.4) is 0 Å². The molecule has 3 aromatic heterocycles. The molecule has 0 amide bonds. The van der Waals surface area contributed by atoms with Crippen molar-refractivity contribution in [1.82, 2.24) is 19.9 Å². The second-order valence-electron chi connectivity index (χ2n) is 5.32. The minimum Gasteiger partial charge on any atom is -0.462 e. The lowest BCUT2D eigenvalue weighted by molar-refractivity contribution is 0.581. The van der Waals surface area contributed by atoms with E-state index in [1.807, 2.05) is 35.3 Å². The molecule has 1 N–H and O–H groups in total. The third-order valence-corrected chi connectivity index (χ3v) is 4.59. The Morgan fingerprint density at radius 3 is 2.92 bits per heavy atom. The highest BCUT2D eigenvalue weighted by atomic mass is 32.1. The molecule has 0 aliphatic rings. The topological polar surface area (TPSA) is 55.9 Å². The van der Waals surface area contributed by atoms with Crippen LogP contribution in [0.1, 0.15) is 11.3 Å². The second-order valence-corrected chi connectivity index (χ2v) is 6.18. The average Bonchev–Trinajstić information content (AvgIpc) is 3.37. The quantitative estimate of drug-likeness (QED) is 0.580. The van der Waals surface area contributed by atoms with E-state index < -0.39 is 0 Å². The zero-order valence-electron chi connectivity index (χ0n) is 12.9. The number of furan rings is 1. The molecule has 4 rings (SSSR count). The Morgan fingerprint density at radius 2 is 2.08 bits per heavy atom. The van der Waals surface area contributed by atoms with Crippen LogP contribution in [0.5, 0.6) is 0 Å². The van der Waals surface area contributed by atoms with Crippen molar-refractivity contribution in [3.8, 4) is 16.5 Å². The molecular weight excluding hydrogens is 320 g/mol. The summed E-state index contributed by atoms with van der Waals surface area (Å²) in [4.78, 5) is 8.72. The summed E-state index contributed by atoms with van der Waals surface area (Å²) >= 11 is 1.60. The highest BCUT2D eigenvalue weighted by Crippen LogP contribution is 2.24. The SMILES string of the molecule is c1coc(-c2nc(CNCc3ccccc3-n3ccnc3)cs2)c1. The number of thiazole rings is 1. The molecule has 0 aliphatic heterocycles. The van der Waals surface area contributed by atoms with Crippen LogP contribution in [-0.2, 0) is 13.1 Å². The monoisotopic (exact) mass is 336 g/mol. The normalized spacial score (nSPS) is 11.0. The van der Waals surface area contributed by atoms with Gasteiger partial charge in [0.15, 0.2) is 10.8 Å². The Balaban J connectivity index is 1.42. The first kappa shape index (κ1) is 14.9. The fraction of sp³-hybridized carbons (Fsp3) is 0.111. The minimum atomic E-state index is 0.718. The van der Waals surface area contributed by atoms with E-state index in [0.717, 1.165) is 35.2 Å². The van der Waals surface area contributed by atoms with Crippen LogP contribution in [0.15, 0.2) is 71.2 Å². The Kier molecular flexibility index (Phi) is 4.22. The van der Waals surface area contributed by atoms with Crippen molar-refractivity contribution in [3.63, 3.8) is 0 Å². The van der Waals surface area contributed by atoms with E-state index in [1.165, 1.54) is 5.56 Å². The highest BCUT2D eigenvalue weighted by Gasteiger charge is 2.07. The van der Waals surface area contributed by atoms with Gasteiger partial charge in [-0.3, -0.25) is 0 Å². The summed E-state index contributed by atoms with van der Waals surface area (Å²) in [5.41, 5.74) is 3.38. The Bertz CT molecular complexity index is 897. The van der Waals surface area contributed by atoms with Crippen LogP contribution < -0.4 is 5.32 Å². The van der Waals surface area contributed by atoms with E-state index in [2.05, 4.69) is 38.9 Å². The number of benzene rings is 1. The summed E-state index contributed by atoms with van der Waals surface area (Å²) in [6, 6.07) is 12.1. The predicted molar refractivity (Wildman–Crippen MR) is 93.9 cm³/mol. The molecule has 0 aliphatic carbocycles. The summed E-state index contributed by atoms with van der Waals surface area (Å²) < 4.78 is 7.41. The predicted octanol–water partition coefficient (Wildman–Crippen LogP) is 3.88. The molecule has 0 fully saturated rings. The van der Waals surface area contributed by atoms with E-state index in [1.54, 1.807) is 23.8 Å². The zero-order chi connectivity index (χ0) is 16.2. The number of hydrogen-bond acceptors (Lipinski definition) is 5. The third kappa shape index (κ3) is 3.15. The molecule has 3 heterocycles. The zero-order valence-corrected chi connectivity index (χ0v) is 13.7. The molecule has 4 aromatic rings. The molecule has 0 atom stereocenters. The molecular formula is C18H16N4OS. The van der Waals surface area contributed by atoms with Gasteiger partial charge in [-0.15, -0.1) is 11.3 Å². The van der Waals surface area contributed by atoms with Gasteiger partial charge in [0.1, 0.15) is 0 Å². The summed E-state index contributed by atoms with van der Waals surface area (Å²) in [6.07, 6.45) is 7.22. The fourth-order valence-electron chi connectivity index (χ4n) is 2.54. The van der Waals surface area contributed by atoms with Gasteiger partial charge >= 0.3 is 0 Å². The van der Waals surface area contributed by atoms with E-state index in [0.29, 0.717) is 0 Å². The maximum Gasteiger partial charge on any atom is 0.162 e. The minimum absolute atomic E-state index is 0.718. The number of para-hydroxylation sites is 1. The molecule has 0 saturated carbocycles. The number of imidazole rings is 1. The molecule has 0 unspecified atom stereocenters. The van der Waals surface area contributed by atoms with Crippen molar-refractivity contribution in [2.75, 3.05) is 0 Å². The van der Waals surface area contributed by atoms with E-state index in [-0.39, 0.29) is 0 Å². The lowest BCUT2D eigenvalue weighted by Gasteiger charge is -2.10. The number of rotatable bonds is 6. The summed E-state index contributed by atoms with van der Waals surface area (Å²) in [5.74, 6) is 0.816. The number of nitrogens with one attached hydrogen (secondary N) is 1. The van der Waals surface area contributed by atoms with Crippen LogP contribution in [0.25, 0.3) is 16.5 Å². The molecule has 0 bridgehead atoms. The smallest absolute Gasteiger partial charge is 0.162 e. The molecule has 6 heteroatoms. The molecule has 120 valence electrons. The van der Waals surface area contributed by atoms with Gasteiger partial charge in [-0.25, -0.2) is 9.97 Å². The largest absolute Gasteiger partial charge is 0.462 e. The standard InChI is InChI=1S/C18H16N4OS/c1-2-5-16(22-8-7-19-13-22)14(4-1)10-20-11-15-12-24-18(21-15)17-6-3-9-23-17/h1-9,12-13,20H,10-11H2. The van der Waals surface area contributed by atoms with Crippen LogP contribution in [0.4, 0.5) is 0 Å². The van der Waals surface area contributed by atoms with Gasteiger partial charge in [-0.05, 0) is 23.8 Å². The van der Waals surface area contributed by atoms with Crippen molar-refractivity contribution < 1.29 is 4.42 Å². The Hall–Kier alpha value is -2.70. The van der Waals surface area contributed by atoms with Gasteiger partial charge in [-0.2, -0.15) is 0 Å². The Morgan fingerprint density at radius 1 is 1.12 bits per heavy atom. The number of hydrogen-bond donors (Lipinski definition) is 1. The fourth-order valence-corrected chi connectivity index (χ4v) is 3.33. The number of aromatic nitrogens is 3. The molecule has 0 radical (unpaired) electrons. The molecule has 0 saturated heterocycles. The lowest BCUT2D eigenvalue weighted by atomic mass is 10.1. The first-order valence-electron chi connectivity index (χ1n) is 7.65. The summed E-state index contributed by atoms with van der Waals surface area (Å²) in [7, 11) is 0. The average molecular weight is 336 g/mol. The molecule has 1 aromatic carbocycles. The van der Waals surface area contributed by atoms with E-state index >= 15 is 0 Å². The van der Waals surface area contributed by atoms with Gasteiger partial charge in [-0.1, -0.05) is 18.2 Å². The van der Waals surface area contributed by atoms with Gasteiger partial charge < -0.3 is 14.3 Å². The maximum atomic E-state index is 5.38. The van der Waals surface area contributed by atoms with Crippen molar-refractivity contribution in [2.24, 2.45) is 0 Å². The van der Waals surface area contributed by atoms with E-state index in [4.69, 9.17) is 4.42 Å². The van der Waals surface area contributed by atoms with Crippen molar-refractivity contribution >= 4 is 11.3 Å². The van der Waals surface area contributed by atoms with Crippen molar-refractivity contribution in [2.45, 2.75) is 13.1 Å². The van der Waals surface area contributed by atoms with Gasteiger partial charge in [0.2, 0.25) is 0 Å². The second kappa shape index (κ2) is 6.82. The van der Waals surface area contributed by atoms with Crippen LogP contribution in [0, 0.1) is 0 Å². The first-order chi connectivity index (χ1) is 11.9. The molecule has 0 spiro atoms. The summed E-state index contributed by atoms with van der Waals surface area (Å²) in [6.45, 7) is 1.48. The van der Waals surface area contributed by atoms with Gasteiger partial charge in [0.05, 0.1) is 24.0 Å². The van der Waals surface area contributed by atoms with Crippen LogP contribution in [0.2, 0.25) is 0 Å². The summed E-state index contributed by atoms with van der Waals surface area (Å²) in [5, 5.41) is 6.43. The van der Waals surface area contributed by atoms with Crippen LogP contribution in [-0.4, -0.2) is 14.5 Å². The van der Waals surface area contributed by atoms with Gasteiger partial charge in [0.25, 0.3) is 0 Å². The highest BCUT2D eigenvalue weighted by molar-refractivity contribution is 7.13.